The molecule has 96 valence electrons. The lowest BCUT2D eigenvalue weighted by Gasteiger charge is -2.27. The molecular formula is C11H7F3O3S. The van der Waals surface area contributed by atoms with E-state index in [4.69, 9.17) is 9.84 Å². The van der Waals surface area contributed by atoms with Gasteiger partial charge in [0, 0.05) is 10.5 Å². The number of aliphatic carboxylic acids is 1. The third-order valence-corrected chi connectivity index (χ3v) is 2.65. The third-order valence-electron chi connectivity index (χ3n) is 2.38. The highest BCUT2D eigenvalue weighted by atomic mass is 32.1. The molecule has 2 rings (SSSR count). The van der Waals surface area contributed by atoms with Crippen molar-refractivity contribution >= 4 is 24.7 Å². The minimum atomic E-state index is -4.78. The van der Waals surface area contributed by atoms with Gasteiger partial charge in [-0.2, -0.15) is 13.2 Å². The summed E-state index contributed by atoms with van der Waals surface area (Å²) in [7, 11) is 0. The van der Waals surface area contributed by atoms with Crippen molar-refractivity contribution in [2.24, 2.45) is 0 Å². The average molecular weight is 276 g/mol. The zero-order valence-electron chi connectivity index (χ0n) is 8.73. The predicted molar refractivity (Wildman–Crippen MR) is 59.8 cm³/mol. The first-order valence-corrected chi connectivity index (χ1v) is 5.25. The van der Waals surface area contributed by atoms with Crippen LogP contribution in [0.25, 0.3) is 6.08 Å². The van der Waals surface area contributed by atoms with Gasteiger partial charge >= 0.3 is 12.1 Å². The zero-order chi connectivity index (χ0) is 13.5. The van der Waals surface area contributed by atoms with E-state index in [2.05, 4.69) is 12.6 Å². The Morgan fingerprint density at radius 3 is 2.61 bits per heavy atom. The second-order valence-corrected chi connectivity index (χ2v) is 4.18. The van der Waals surface area contributed by atoms with Crippen LogP contribution in [-0.4, -0.2) is 23.4 Å². The lowest BCUT2D eigenvalue weighted by Crippen LogP contribution is -2.40. The normalized spacial score (nSPS) is 18.7. The van der Waals surface area contributed by atoms with Crippen LogP contribution in [0.3, 0.4) is 0 Å². The monoisotopic (exact) mass is 276 g/mol. The number of thiol groups is 1. The van der Waals surface area contributed by atoms with Crippen LogP contribution in [0.4, 0.5) is 13.2 Å². The lowest BCUT2D eigenvalue weighted by atomic mass is 10.0. The number of halogens is 3. The van der Waals surface area contributed by atoms with E-state index in [1.807, 2.05) is 0 Å². The number of carboxylic acids is 1. The second-order valence-electron chi connectivity index (χ2n) is 3.67. The number of fused-ring (bicyclic) bond motifs is 1. The summed E-state index contributed by atoms with van der Waals surface area (Å²) in [5.41, 5.74) is -0.575. The Morgan fingerprint density at radius 2 is 2.06 bits per heavy atom. The summed E-state index contributed by atoms with van der Waals surface area (Å²) in [6, 6.07) is 4.23. The minimum absolute atomic E-state index is 0.0138. The van der Waals surface area contributed by atoms with E-state index < -0.39 is 23.8 Å². The first kappa shape index (κ1) is 12.8. The third kappa shape index (κ3) is 2.31. The maximum Gasteiger partial charge on any atom is 0.430 e. The number of alkyl halides is 3. The molecule has 7 heteroatoms. The van der Waals surface area contributed by atoms with Gasteiger partial charge in [-0.25, -0.2) is 4.79 Å². The minimum Gasteiger partial charge on any atom is -0.478 e. The number of benzene rings is 1. The number of ether oxygens (including phenoxy) is 1. The summed E-state index contributed by atoms with van der Waals surface area (Å²) < 4.78 is 42.8. The van der Waals surface area contributed by atoms with Gasteiger partial charge in [-0.1, -0.05) is 0 Å². The molecule has 1 aromatic carbocycles. The predicted octanol–water partition coefficient (Wildman–Crippen LogP) is 2.77. The molecule has 0 unspecified atom stereocenters. The van der Waals surface area contributed by atoms with Crippen LogP contribution in [0.15, 0.2) is 28.7 Å². The fourth-order valence-corrected chi connectivity index (χ4v) is 1.82. The Kier molecular flexibility index (Phi) is 3.02. The van der Waals surface area contributed by atoms with Crippen LogP contribution < -0.4 is 4.74 Å². The van der Waals surface area contributed by atoms with Gasteiger partial charge in [-0.3, -0.25) is 0 Å². The molecule has 1 N–H and O–H groups in total. The molecule has 0 bridgehead atoms. The van der Waals surface area contributed by atoms with Crippen LogP contribution in [0.2, 0.25) is 0 Å². The van der Waals surface area contributed by atoms with Crippen LogP contribution in [0, 0.1) is 0 Å². The van der Waals surface area contributed by atoms with Crippen molar-refractivity contribution < 1.29 is 27.8 Å². The molecule has 0 fully saturated rings. The smallest absolute Gasteiger partial charge is 0.430 e. The fourth-order valence-electron chi connectivity index (χ4n) is 1.61. The summed E-state index contributed by atoms with van der Waals surface area (Å²) in [5.74, 6) is -1.67. The largest absolute Gasteiger partial charge is 0.478 e. The maximum atomic E-state index is 12.7. The molecule has 3 nitrogen and oxygen atoms in total. The molecule has 0 saturated carbocycles. The Bertz CT molecular complexity index is 537. The van der Waals surface area contributed by atoms with E-state index in [1.165, 1.54) is 18.2 Å². The van der Waals surface area contributed by atoms with Gasteiger partial charge in [0.15, 0.2) is 0 Å². The summed E-state index contributed by atoms with van der Waals surface area (Å²) in [6.45, 7) is 0. The molecule has 0 aromatic heterocycles. The Balaban J connectivity index is 2.53. The standard InChI is InChI=1S/C11H7F3O3S/c12-11(13,14)9-7(10(15)16)4-5-3-6(18)1-2-8(5)17-9/h1-4,9,18H,(H,15,16)/t9-/m0/s1. The molecule has 0 saturated heterocycles. The molecule has 0 amide bonds. The van der Waals surface area contributed by atoms with Crippen LogP contribution >= 0.6 is 12.6 Å². The number of carbonyl (C=O) groups is 1. The van der Waals surface area contributed by atoms with E-state index in [0.717, 1.165) is 6.08 Å². The molecule has 1 aliphatic rings. The van der Waals surface area contributed by atoms with Gasteiger partial charge in [-0.05, 0) is 24.3 Å². The number of hydrogen-bond acceptors (Lipinski definition) is 3. The van der Waals surface area contributed by atoms with Gasteiger partial charge in [0.25, 0.3) is 0 Å². The molecule has 1 aliphatic heterocycles. The van der Waals surface area contributed by atoms with E-state index in [1.54, 1.807) is 0 Å². The second kappa shape index (κ2) is 4.24. The molecular weight excluding hydrogens is 269 g/mol. The van der Waals surface area contributed by atoms with E-state index >= 15 is 0 Å². The summed E-state index contributed by atoms with van der Waals surface area (Å²) in [5, 5.41) is 8.80. The van der Waals surface area contributed by atoms with Crippen molar-refractivity contribution in [2.45, 2.75) is 17.2 Å². The quantitative estimate of drug-likeness (QED) is 0.775. The van der Waals surface area contributed by atoms with Crippen molar-refractivity contribution in [2.75, 3.05) is 0 Å². The SMILES string of the molecule is O=C(O)C1=Cc2cc(S)ccc2O[C@@H]1C(F)(F)F. The van der Waals surface area contributed by atoms with Gasteiger partial charge < -0.3 is 9.84 Å². The molecule has 0 aliphatic carbocycles. The lowest BCUT2D eigenvalue weighted by molar-refractivity contribution is -0.187. The highest BCUT2D eigenvalue weighted by molar-refractivity contribution is 7.80. The van der Waals surface area contributed by atoms with Crippen molar-refractivity contribution in [3.05, 3.63) is 29.3 Å². The van der Waals surface area contributed by atoms with Crippen molar-refractivity contribution in [3.63, 3.8) is 0 Å². The average Bonchev–Trinajstić information content (AvgIpc) is 2.25. The highest BCUT2D eigenvalue weighted by Gasteiger charge is 2.48. The van der Waals surface area contributed by atoms with Crippen molar-refractivity contribution in [1.29, 1.82) is 0 Å². The molecule has 1 atom stereocenters. The molecule has 1 aromatic rings. The Hall–Kier alpha value is -1.63. The molecule has 0 radical (unpaired) electrons. The molecule has 0 spiro atoms. The number of hydrogen-bond donors (Lipinski definition) is 2. The fraction of sp³-hybridized carbons (Fsp3) is 0.182. The molecule has 18 heavy (non-hydrogen) atoms. The van der Waals surface area contributed by atoms with Crippen molar-refractivity contribution in [3.8, 4) is 5.75 Å². The number of carboxylic acid groups (broad SMARTS) is 1. The van der Waals surface area contributed by atoms with E-state index in [9.17, 15) is 18.0 Å². The van der Waals surface area contributed by atoms with Gasteiger partial charge in [0.1, 0.15) is 5.75 Å². The summed E-state index contributed by atoms with van der Waals surface area (Å²) in [6.07, 6.45) is -6.27. The van der Waals surface area contributed by atoms with Gasteiger partial charge in [-0.15, -0.1) is 12.6 Å². The maximum absolute atomic E-state index is 12.7. The summed E-state index contributed by atoms with van der Waals surface area (Å²) in [4.78, 5) is 11.3. The zero-order valence-corrected chi connectivity index (χ0v) is 9.63. The number of rotatable bonds is 1. The van der Waals surface area contributed by atoms with Crippen molar-refractivity contribution in [1.82, 2.24) is 0 Å². The van der Waals surface area contributed by atoms with Crippen LogP contribution in [0.1, 0.15) is 5.56 Å². The topological polar surface area (TPSA) is 46.5 Å². The summed E-state index contributed by atoms with van der Waals surface area (Å²) >= 11 is 4.02. The van der Waals surface area contributed by atoms with Crippen LogP contribution in [0.5, 0.6) is 5.75 Å². The molecule has 1 heterocycles. The van der Waals surface area contributed by atoms with Gasteiger partial charge in [0.2, 0.25) is 6.10 Å². The van der Waals surface area contributed by atoms with E-state index in [0.29, 0.717) is 4.90 Å². The Labute approximate surface area is 105 Å². The van der Waals surface area contributed by atoms with Crippen LogP contribution in [-0.2, 0) is 4.79 Å². The Morgan fingerprint density at radius 1 is 1.39 bits per heavy atom. The van der Waals surface area contributed by atoms with Gasteiger partial charge in [0.05, 0.1) is 5.57 Å². The van der Waals surface area contributed by atoms with E-state index in [-0.39, 0.29) is 11.3 Å². The first-order chi connectivity index (χ1) is 8.29. The first-order valence-electron chi connectivity index (χ1n) is 4.80. The highest BCUT2D eigenvalue weighted by Crippen LogP contribution is 2.37.